The molecule has 1 saturated carbocycles. The summed E-state index contributed by atoms with van der Waals surface area (Å²) in [6, 6.07) is 1.93. The molecule has 1 heterocycles. The molecule has 1 aliphatic rings. The molecule has 0 saturated heterocycles. The smallest absolute Gasteiger partial charge is 0.104 e. The van der Waals surface area contributed by atoms with Gasteiger partial charge in [-0.25, -0.2) is 0 Å². The lowest BCUT2D eigenvalue weighted by molar-refractivity contribution is -0.0191. The average Bonchev–Trinajstić information content (AvgIpc) is 2.46. The first-order valence-corrected chi connectivity index (χ1v) is 8.80. The molecule has 3 atom stereocenters. The number of nitrogens with two attached hydrogens (primary N) is 1. The van der Waals surface area contributed by atoms with Gasteiger partial charge >= 0.3 is 0 Å². The van der Waals surface area contributed by atoms with Gasteiger partial charge in [-0.1, -0.05) is 26.2 Å². The van der Waals surface area contributed by atoms with E-state index in [4.69, 9.17) is 5.73 Å². The van der Waals surface area contributed by atoms with Crippen LogP contribution in [0.15, 0.2) is 21.2 Å². The van der Waals surface area contributed by atoms with Crippen LogP contribution in [0.25, 0.3) is 0 Å². The summed E-state index contributed by atoms with van der Waals surface area (Å²) in [6.45, 7) is 2.73. The summed E-state index contributed by atoms with van der Waals surface area (Å²) in [5, 5.41) is 10.9. The van der Waals surface area contributed by atoms with Gasteiger partial charge in [0.15, 0.2) is 0 Å². The number of aromatic nitrogens is 1. The lowest BCUT2D eigenvalue weighted by atomic mass is 9.65. The first-order chi connectivity index (χ1) is 9.52. The van der Waals surface area contributed by atoms with Crippen molar-refractivity contribution >= 4 is 31.9 Å². The summed E-state index contributed by atoms with van der Waals surface area (Å²) in [6.07, 6.45) is 6.64. The third kappa shape index (κ3) is 3.26. The van der Waals surface area contributed by atoms with Crippen LogP contribution in [0.1, 0.15) is 50.8 Å². The Morgan fingerprint density at radius 1 is 1.55 bits per heavy atom. The van der Waals surface area contributed by atoms with E-state index in [2.05, 4.69) is 43.8 Å². The Kier molecular flexibility index (Phi) is 5.63. The highest BCUT2D eigenvalue weighted by atomic mass is 79.9. The van der Waals surface area contributed by atoms with E-state index in [1.165, 1.54) is 6.42 Å². The lowest BCUT2D eigenvalue weighted by Crippen LogP contribution is -2.41. The number of aliphatic hydroxyl groups is 1. The van der Waals surface area contributed by atoms with Gasteiger partial charge in [0.25, 0.3) is 0 Å². The Hall–Kier alpha value is 0.0300. The largest absolute Gasteiger partial charge is 0.386 e. The zero-order valence-electron chi connectivity index (χ0n) is 11.8. The van der Waals surface area contributed by atoms with E-state index in [1.807, 2.05) is 6.07 Å². The van der Waals surface area contributed by atoms with Crippen LogP contribution in [0.2, 0.25) is 0 Å². The molecular weight excluding hydrogens is 384 g/mol. The second kappa shape index (κ2) is 6.86. The van der Waals surface area contributed by atoms with E-state index in [0.29, 0.717) is 18.2 Å². The van der Waals surface area contributed by atoms with Crippen molar-refractivity contribution < 1.29 is 5.11 Å². The van der Waals surface area contributed by atoms with E-state index in [9.17, 15) is 5.11 Å². The highest BCUT2D eigenvalue weighted by Crippen LogP contribution is 2.48. The Balaban J connectivity index is 2.30. The molecule has 3 N–H and O–H groups in total. The van der Waals surface area contributed by atoms with Crippen molar-refractivity contribution in [1.29, 1.82) is 0 Å². The summed E-state index contributed by atoms with van der Waals surface area (Å²) < 4.78 is 1.74. The first-order valence-electron chi connectivity index (χ1n) is 7.21. The average molecular weight is 406 g/mol. The highest BCUT2D eigenvalue weighted by Gasteiger charge is 2.42. The molecule has 112 valence electrons. The number of nitrogens with zero attached hydrogens (tertiary/aromatic N) is 1. The number of rotatable bonds is 4. The van der Waals surface area contributed by atoms with E-state index in [-0.39, 0.29) is 5.41 Å². The van der Waals surface area contributed by atoms with Crippen molar-refractivity contribution in [1.82, 2.24) is 4.98 Å². The van der Waals surface area contributed by atoms with Crippen LogP contribution in [0.5, 0.6) is 0 Å². The zero-order chi connectivity index (χ0) is 14.8. The molecule has 0 aromatic carbocycles. The van der Waals surface area contributed by atoms with Crippen LogP contribution in [0.3, 0.4) is 0 Å². The molecule has 0 spiro atoms. The maximum Gasteiger partial charge on any atom is 0.104 e. The minimum Gasteiger partial charge on any atom is -0.386 e. The van der Waals surface area contributed by atoms with Crippen LogP contribution in [0, 0.1) is 11.3 Å². The van der Waals surface area contributed by atoms with Gasteiger partial charge in [-0.05, 0) is 56.7 Å². The molecular formula is C15H22Br2N2O. The van der Waals surface area contributed by atoms with Crippen molar-refractivity contribution in [2.24, 2.45) is 17.1 Å². The quantitative estimate of drug-likeness (QED) is 0.789. The normalized spacial score (nSPS) is 28.4. The van der Waals surface area contributed by atoms with E-state index in [1.54, 1.807) is 6.20 Å². The molecule has 3 nitrogen and oxygen atoms in total. The number of aliphatic hydroxyl groups excluding tert-OH is 1. The minimum atomic E-state index is -0.607. The van der Waals surface area contributed by atoms with Gasteiger partial charge in [-0.2, -0.15) is 0 Å². The molecule has 1 aliphatic carbocycles. The van der Waals surface area contributed by atoms with Crippen molar-refractivity contribution in [3.8, 4) is 0 Å². The summed E-state index contributed by atoms with van der Waals surface area (Å²) in [5.74, 6) is 0.663. The second-order valence-electron chi connectivity index (χ2n) is 5.86. The zero-order valence-corrected chi connectivity index (χ0v) is 15.0. The fraction of sp³-hybridized carbons (Fsp3) is 0.667. The van der Waals surface area contributed by atoms with Gasteiger partial charge in [-0.15, -0.1) is 0 Å². The number of hydrogen-bond acceptors (Lipinski definition) is 3. The molecule has 0 radical (unpaired) electrons. The lowest BCUT2D eigenvalue weighted by Gasteiger charge is -2.43. The second-order valence-corrected chi connectivity index (χ2v) is 7.63. The predicted molar refractivity (Wildman–Crippen MR) is 88.3 cm³/mol. The molecule has 1 aromatic rings. The molecule has 2 rings (SSSR count). The van der Waals surface area contributed by atoms with Crippen LogP contribution in [-0.4, -0.2) is 16.6 Å². The van der Waals surface area contributed by atoms with Crippen molar-refractivity contribution in [3.05, 3.63) is 26.9 Å². The molecule has 3 unspecified atom stereocenters. The maximum atomic E-state index is 10.9. The summed E-state index contributed by atoms with van der Waals surface area (Å²) >= 11 is 6.90. The number of hydrogen-bond donors (Lipinski definition) is 2. The van der Waals surface area contributed by atoms with Crippen molar-refractivity contribution in [2.45, 2.75) is 45.1 Å². The van der Waals surface area contributed by atoms with Crippen molar-refractivity contribution in [2.75, 3.05) is 6.54 Å². The SMILES string of the molecule is CCC1CCCC(CN)(C(O)c2ncc(Br)cc2Br)C1. The van der Waals surface area contributed by atoms with E-state index < -0.39 is 6.10 Å². The molecule has 1 aromatic heterocycles. The molecule has 0 amide bonds. The van der Waals surface area contributed by atoms with Gasteiger partial charge in [0.2, 0.25) is 0 Å². The van der Waals surface area contributed by atoms with Crippen LogP contribution in [-0.2, 0) is 0 Å². The standard InChI is InChI=1S/C15H22Br2N2O/c1-2-10-4-3-5-15(7-10,9-18)14(20)13-12(17)6-11(16)8-19-13/h6,8,10,14,20H,2-5,7,9,18H2,1H3. The number of pyridine rings is 1. The first kappa shape index (κ1) is 16.4. The van der Waals surface area contributed by atoms with Crippen LogP contribution in [0.4, 0.5) is 0 Å². The Morgan fingerprint density at radius 2 is 2.30 bits per heavy atom. The fourth-order valence-corrected chi connectivity index (χ4v) is 4.54. The predicted octanol–water partition coefficient (Wildman–Crippen LogP) is 4.19. The maximum absolute atomic E-state index is 10.9. The fourth-order valence-electron chi connectivity index (χ4n) is 3.33. The van der Waals surface area contributed by atoms with Gasteiger partial charge in [0.05, 0.1) is 5.69 Å². The summed E-state index contributed by atoms with van der Waals surface area (Å²) in [5.41, 5.74) is 6.53. The van der Waals surface area contributed by atoms with E-state index >= 15 is 0 Å². The molecule has 1 fully saturated rings. The topological polar surface area (TPSA) is 59.1 Å². The van der Waals surface area contributed by atoms with Gasteiger partial charge in [-0.3, -0.25) is 4.98 Å². The van der Waals surface area contributed by atoms with Crippen LogP contribution >= 0.6 is 31.9 Å². The van der Waals surface area contributed by atoms with Gasteiger partial charge in [0, 0.05) is 27.1 Å². The number of halogens is 2. The van der Waals surface area contributed by atoms with Gasteiger partial charge < -0.3 is 10.8 Å². The third-order valence-corrected chi connectivity index (χ3v) is 5.71. The third-order valence-electron chi connectivity index (χ3n) is 4.64. The minimum absolute atomic E-state index is 0.234. The monoisotopic (exact) mass is 404 g/mol. The van der Waals surface area contributed by atoms with Crippen molar-refractivity contribution in [3.63, 3.8) is 0 Å². The van der Waals surface area contributed by atoms with Crippen LogP contribution < -0.4 is 5.73 Å². The molecule has 0 aliphatic heterocycles. The Bertz CT molecular complexity index is 469. The summed E-state index contributed by atoms with van der Waals surface area (Å²) in [7, 11) is 0. The summed E-state index contributed by atoms with van der Waals surface area (Å²) in [4.78, 5) is 4.40. The van der Waals surface area contributed by atoms with Gasteiger partial charge in [0.1, 0.15) is 6.10 Å². The Morgan fingerprint density at radius 3 is 2.90 bits per heavy atom. The van der Waals surface area contributed by atoms with E-state index in [0.717, 1.165) is 34.6 Å². The molecule has 5 heteroatoms. The Labute approximate surface area is 137 Å². The highest BCUT2D eigenvalue weighted by molar-refractivity contribution is 9.11. The molecule has 20 heavy (non-hydrogen) atoms. The molecule has 0 bridgehead atoms.